The first-order valence-electron chi connectivity index (χ1n) is 8.91. The van der Waals surface area contributed by atoms with E-state index in [1.165, 1.54) is 4.31 Å². The topological polar surface area (TPSA) is 113 Å². The Morgan fingerprint density at radius 2 is 2.00 bits per heavy atom. The molecule has 0 aliphatic carbocycles. The van der Waals surface area contributed by atoms with E-state index in [1.54, 1.807) is 24.3 Å². The molecule has 9 heteroatoms. The Morgan fingerprint density at radius 3 is 2.56 bits per heavy atom. The molecule has 0 spiro atoms. The van der Waals surface area contributed by atoms with E-state index in [0.717, 1.165) is 11.8 Å². The fourth-order valence-corrected chi connectivity index (χ4v) is 4.28. The number of carboxylic acids is 1. The number of hydrogen-bond donors (Lipinski definition) is 2. The van der Waals surface area contributed by atoms with Gasteiger partial charge in [-0.3, -0.25) is 9.59 Å². The Kier molecular flexibility index (Phi) is 7.20. The van der Waals surface area contributed by atoms with Gasteiger partial charge in [-0.25, -0.2) is 8.42 Å². The van der Waals surface area contributed by atoms with Gasteiger partial charge < -0.3 is 15.2 Å². The highest BCUT2D eigenvalue weighted by Gasteiger charge is 2.36. The summed E-state index contributed by atoms with van der Waals surface area (Å²) in [5, 5.41) is 12.1. The van der Waals surface area contributed by atoms with Crippen molar-refractivity contribution in [2.24, 2.45) is 5.92 Å². The first-order valence-corrected chi connectivity index (χ1v) is 10.8. The Hall–Kier alpha value is -2.13. The number of carbonyl (C=O) groups is 2. The molecule has 150 valence electrons. The van der Waals surface area contributed by atoms with Crippen molar-refractivity contribution in [2.45, 2.75) is 32.2 Å². The van der Waals surface area contributed by atoms with Gasteiger partial charge in [0, 0.05) is 13.1 Å². The molecule has 1 heterocycles. The van der Waals surface area contributed by atoms with Gasteiger partial charge in [0.25, 0.3) is 0 Å². The van der Waals surface area contributed by atoms with Gasteiger partial charge in [-0.15, -0.1) is 0 Å². The van der Waals surface area contributed by atoms with Crippen LogP contribution in [0.2, 0.25) is 0 Å². The summed E-state index contributed by atoms with van der Waals surface area (Å²) >= 11 is 0. The highest BCUT2D eigenvalue weighted by molar-refractivity contribution is 7.88. The summed E-state index contributed by atoms with van der Waals surface area (Å²) in [5.41, 5.74) is 0.818. The molecule has 0 bridgehead atoms. The molecule has 1 fully saturated rings. The van der Waals surface area contributed by atoms with Gasteiger partial charge in [-0.05, 0) is 43.9 Å². The lowest BCUT2D eigenvalue weighted by molar-refractivity contribution is -0.141. The molecule has 8 nitrogen and oxygen atoms in total. The van der Waals surface area contributed by atoms with Gasteiger partial charge in [0.1, 0.15) is 11.8 Å². The van der Waals surface area contributed by atoms with Crippen LogP contribution in [-0.4, -0.2) is 61.7 Å². The molecule has 1 aromatic carbocycles. The number of hydrogen-bond acceptors (Lipinski definition) is 5. The number of carboxylic acid groups (broad SMARTS) is 1. The molecule has 2 atom stereocenters. The highest BCUT2D eigenvalue weighted by Crippen LogP contribution is 2.21. The van der Waals surface area contributed by atoms with Gasteiger partial charge in [0.05, 0.1) is 18.8 Å². The minimum Gasteiger partial charge on any atom is -0.494 e. The van der Waals surface area contributed by atoms with Crippen molar-refractivity contribution >= 4 is 21.9 Å². The fourth-order valence-electron chi connectivity index (χ4n) is 3.16. The lowest BCUT2D eigenvalue weighted by Gasteiger charge is -2.22. The summed E-state index contributed by atoms with van der Waals surface area (Å²) in [4.78, 5) is 23.9. The number of benzene rings is 1. The van der Waals surface area contributed by atoms with Crippen molar-refractivity contribution < 1.29 is 27.9 Å². The Morgan fingerprint density at radius 1 is 1.33 bits per heavy atom. The zero-order chi connectivity index (χ0) is 20.0. The number of nitrogens with zero attached hydrogens (tertiary/aromatic N) is 1. The number of rotatable bonds is 9. The largest absolute Gasteiger partial charge is 0.494 e. The van der Waals surface area contributed by atoms with E-state index in [4.69, 9.17) is 4.74 Å². The Balaban J connectivity index is 1.96. The molecule has 0 radical (unpaired) electrons. The summed E-state index contributed by atoms with van der Waals surface area (Å²) in [7, 11) is -3.46. The van der Waals surface area contributed by atoms with E-state index >= 15 is 0 Å². The van der Waals surface area contributed by atoms with Crippen LogP contribution in [0.4, 0.5) is 0 Å². The van der Waals surface area contributed by atoms with Crippen LogP contribution in [0.5, 0.6) is 5.75 Å². The van der Waals surface area contributed by atoms with E-state index < -0.39 is 33.9 Å². The first-order chi connectivity index (χ1) is 12.7. The highest BCUT2D eigenvalue weighted by atomic mass is 32.2. The lowest BCUT2D eigenvalue weighted by Crippen LogP contribution is -2.47. The molecule has 0 aromatic heterocycles. The molecule has 2 unspecified atom stereocenters. The van der Waals surface area contributed by atoms with E-state index in [1.807, 2.05) is 6.92 Å². The number of nitrogens with one attached hydrogen (secondary N) is 1. The molecule has 1 aliphatic rings. The molecule has 0 saturated carbocycles. The van der Waals surface area contributed by atoms with E-state index in [0.29, 0.717) is 31.7 Å². The second-order valence-corrected chi connectivity index (χ2v) is 8.53. The maximum Gasteiger partial charge on any atom is 0.308 e. The maximum atomic E-state index is 12.4. The maximum absolute atomic E-state index is 12.4. The van der Waals surface area contributed by atoms with E-state index in [2.05, 4.69) is 5.32 Å². The predicted molar refractivity (Wildman–Crippen MR) is 100 cm³/mol. The first kappa shape index (κ1) is 21.2. The second-order valence-electron chi connectivity index (χ2n) is 6.59. The third-order valence-corrected chi connectivity index (χ3v) is 5.81. The number of sulfonamides is 1. The molecule has 2 N–H and O–H groups in total. The van der Waals surface area contributed by atoms with Crippen LogP contribution in [0.15, 0.2) is 24.3 Å². The molecule has 1 amide bonds. The Bertz CT molecular complexity index is 763. The van der Waals surface area contributed by atoms with Crippen LogP contribution in [0, 0.1) is 5.92 Å². The van der Waals surface area contributed by atoms with Crippen LogP contribution in [0.3, 0.4) is 0 Å². The van der Waals surface area contributed by atoms with Crippen molar-refractivity contribution in [3.05, 3.63) is 29.8 Å². The van der Waals surface area contributed by atoms with Gasteiger partial charge >= 0.3 is 5.97 Å². The summed E-state index contributed by atoms with van der Waals surface area (Å²) in [5.74, 6) is -1.56. The standard InChI is InChI=1S/C18H26N2O6S/c1-3-26-15-8-6-13(7-9-15)11-14(18(22)23)12-19-17(21)16-5-4-10-20(16)27(2,24)25/h6-9,14,16H,3-5,10-12H2,1-2H3,(H,19,21)(H,22,23). The second kappa shape index (κ2) is 9.18. The number of ether oxygens (including phenoxy) is 1. The summed E-state index contributed by atoms with van der Waals surface area (Å²) in [6.45, 7) is 2.68. The molecule has 1 aromatic rings. The predicted octanol–water partition coefficient (Wildman–Crippen LogP) is 0.869. The zero-order valence-corrected chi connectivity index (χ0v) is 16.4. The van der Waals surface area contributed by atoms with Crippen LogP contribution in [0.25, 0.3) is 0 Å². The summed E-state index contributed by atoms with van der Waals surface area (Å²) in [6.07, 6.45) is 2.38. The van der Waals surface area contributed by atoms with E-state index in [-0.39, 0.29) is 13.0 Å². The van der Waals surface area contributed by atoms with Crippen molar-refractivity contribution in [3.8, 4) is 5.75 Å². The molecular formula is C18H26N2O6S. The quantitative estimate of drug-likeness (QED) is 0.638. The average Bonchev–Trinajstić information content (AvgIpc) is 3.10. The SMILES string of the molecule is CCOc1ccc(CC(CNC(=O)C2CCCN2S(C)(=O)=O)C(=O)O)cc1. The third-order valence-electron chi connectivity index (χ3n) is 4.52. The normalized spacial score (nSPS) is 18.8. The van der Waals surface area contributed by atoms with E-state index in [9.17, 15) is 23.1 Å². The minimum atomic E-state index is -3.46. The smallest absolute Gasteiger partial charge is 0.308 e. The van der Waals surface area contributed by atoms with Crippen LogP contribution < -0.4 is 10.1 Å². The number of aliphatic carboxylic acids is 1. The van der Waals surface area contributed by atoms with Crippen LogP contribution in [0.1, 0.15) is 25.3 Å². The van der Waals surface area contributed by atoms with Crippen molar-refractivity contribution in [2.75, 3.05) is 26.0 Å². The minimum absolute atomic E-state index is 0.0600. The van der Waals surface area contributed by atoms with Crippen molar-refractivity contribution in [3.63, 3.8) is 0 Å². The summed E-state index contributed by atoms with van der Waals surface area (Å²) in [6, 6.07) is 6.38. The summed E-state index contributed by atoms with van der Waals surface area (Å²) < 4.78 is 30.0. The number of amides is 1. The molecular weight excluding hydrogens is 372 g/mol. The number of carbonyl (C=O) groups excluding carboxylic acids is 1. The van der Waals surface area contributed by atoms with Crippen molar-refractivity contribution in [1.82, 2.24) is 9.62 Å². The average molecular weight is 398 g/mol. The third kappa shape index (κ3) is 5.93. The zero-order valence-electron chi connectivity index (χ0n) is 15.6. The molecule has 1 aliphatic heterocycles. The van der Waals surface area contributed by atoms with Gasteiger partial charge in [0.15, 0.2) is 0 Å². The molecule has 2 rings (SSSR count). The van der Waals surface area contributed by atoms with Crippen LogP contribution in [-0.2, 0) is 26.0 Å². The van der Waals surface area contributed by atoms with Gasteiger partial charge in [-0.2, -0.15) is 4.31 Å². The van der Waals surface area contributed by atoms with Crippen molar-refractivity contribution in [1.29, 1.82) is 0 Å². The Labute approximate surface area is 159 Å². The fraction of sp³-hybridized carbons (Fsp3) is 0.556. The van der Waals surface area contributed by atoms with Gasteiger partial charge in [-0.1, -0.05) is 12.1 Å². The molecule has 1 saturated heterocycles. The van der Waals surface area contributed by atoms with Gasteiger partial charge in [0.2, 0.25) is 15.9 Å². The molecule has 27 heavy (non-hydrogen) atoms. The van der Waals surface area contributed by atoms with Crippen LogP contribution >= 0.6 is 0 Å². The lowest BCUT2D eigenvalue weighted by atomic mass is 9.99. The monoisotopic (exact) mass is 398 g/mol.